The molecule has 2 heterocycles. The lowest BCUT2D eigenvalue weighted by molar-refractivity contribution is 0.933. The number of rotatable bonds is 3. The minimum Gasteiger partial charge on any atom is -0.370 e. The monoisotopic (exact) mass is 282 g/mol. The van der Waals surface area contributed by atoms with E-state index in [-0.39, 0.29) is 0 Å². The van der Waals surface area contributed by atoms with E-state index in [9.17, 15) is 0 Å². The minimum atomic E-state index is 0.540. The summed E-state index contributed by atoms with van der Waals surface area (Å²) in [6.07, 6.45) is 1.60. The highest BCUT2D eigenvalue weighted by Crippen LogP contribution is 2.28. The van der Waals surface area contributed by atoms with Crippen LogP contribution in [0.15, 0.2) is 36.5 Å². The molecule has 6 heteroatoms. The van der Waals surface area contributed by atoms with Crippen LogP contribution >= 0.6 is 11.6 Å². The Morgan fingerprint density at radius 1 is 1.35 bits per heavy atom. The number of hydrogen-bond acceptors (Lipinski definition) is 3. The van der Waals surface area contributed by atoms with Crippen molar-refractivity contribution in [2.24, 2.45) is 0 Å². The lowest BCUT2D eigenvalue weighted by Gasteiger charge is -2.10. The van der Waals surface area contributed by atoms with Gasteiger partial charge in [0.25, 0.3) is 0 Å². The SMILES string of the molecule is [B]c1cnn2c(NCC)cc(-c3ccccc3Cl)nc12. The Morgan fingerprint density at radius 3 is 2.90 bits per heavy atom. The van der Waals surface area contributed by atoms with Gasteiger partial charge in [0.05, 0.1) is 5.69 Å². The summed E-state index contributed by atoms with van der Waals surface area (Å²) in [5, 5.41) is 8.14. The molecule has 0 saturated heterocycles. The number of hydrogen-bond donors (Lipinski definition) is 1. The average Bonchev–Trinajstić information content (AvgIpc) is 2.82. The number of benzene rings is 1. The normalized spacial score (nSPS) is 10.9. The van der Waals surface area contributed by atoms with E-state index in [1.807, 2.05) is 37.3 Å². The Labute approximate surface area is 123 Å². The molecule has 0 amide bonds. The summed E-state index contributed by atoms with van der Waals surface area (Å²) in [5.74, 6) is 0.837. The van der Waals surface area contributed by atoms with Gasteiger partial charge >= 0.3 is 0 Å². The van der Waals surface area contributed by atoms with Crippen LogP contribution in [0.3, 0.4) is 0 Å². The zero-order valence-electron chi connectivity index (χ0n) is 11.0. The zero-order valence-corrected chi connectivity index (χ0v) is 11.7. The van der Waals surface area contributed by atoms with Gasteiger partial charge in [0.1, 0.15) is 13.7 Å². The van der Waals surface area contributed by atoms with Crippen LogP contribution in [0.2, 0.25) is 5.02 Å². The Kier molecular flexibility index (Phi) is 3.36. The van der Waals surface area contributed by atoms with E-state index in [1.165, 1.54) is 0 Å². The fraction of sp³-hybridized carbons (Fsp3) is 0.143. The second-order valence-corrected chi connectivity index (χ2v) is 4.78. The summed E-state index contributed by atoms with van der Waals surface area (Å²) >= 11 is 6.24. The van der Waals surface area contributed by atoms with Crippen molar-refractivity contribution < 1.29 is 0 Å². The first-order valence-electron chi connectivity index (χ1n) is 6.33. The first-order valence-corrected chi connectivity index (χ1v) is 6.71. The molecule has 0 spiro atoms. The maximum atomic E-state index is 6.24. The number of aromatic nitrogens is 3. The van der Waals surface area contributed by atoms with Crippen molar-refractivity contribution in [1.29, 1.82) is 0 Å². The smallest absolute Gasteiger partial charge is 0.150 e. The first kappa shape index (κ1) is 13.0. The third-order valence-corrected chi connectivity index (χ3v) is 3.34. The van der Waals surface area contributed by atoms with Crippen molar-refractivity contribution in [3.8, 4) is 11.3 Å². The number of halogens is 1. The van der Waals surface area contributed by atoms with Gasteiger partial charge in [0.2, 0.25) is 0 Å². The molecule has 2 radical (unpaired) electrons. The maximum absolute atomic E-state index is 6.24. The summed E-state index contributed by atoms with van der Waals surface area (Å²) in [6.45, 7) is 2.80. The number of fused-ring (bicyclic) bond motifs is 1. The molecule has 0 unspecified atom stereocenters. The van der Waals surface area contributed by atoms with Crippen molar-refractivity contribution in [3.05, 3.63) is 41.6 Å². The van der Waals surface area contributed by atoms with E-state index in [4.69, 9.17) is 19.4 Å². The van der Waals surface area contributed by atoms with Gasteiger partial charge in [0, 0.05) is 29.4 Å². The Hall–Kier alpha value is -2.01. The van der Waals surface area contributed by atoms with Crippen LogP contribution in [-0.4, -0.2) is 29.0 Å². The van der Waals surface area contributed by atoms with Gasteiger partial charge in [-0.15, -0.1) is 0 Å². The molecule has 0 aliphatic heterocycles. The largest absolute Gasteiger partial charge is 0.370 e. The van der Waals surface area contributed by atoms with Crippen molar-refractivity contribution >= 4 is 36.4 Å². The minimum absolute atomic E-state index is 0.540. The maximum Gasteiger partial charge on any atom is 0.150 e. The molecule has 0 fully saturated rings. The highest BCUT2D eigenvalue weighted by atomic mass is 35.5. The van der Waals surface area contributed by atoms with Gasteiger partial charge in [0.15, 0.2) is 5.65 Å². The van der Waals surface area contributed by atoms with Crippen LogP contribution in [0.1, 0.15) is 6.92 Å². The zero-order chi connectivity index (χ0) is 14.1. The molecule has 1 aromatic carbocycles. The Morgan fingerprint density at radius 2 is 2.15 bits per heavy atom. The lowest BCUT2D eigenvalue weighted by Crippen LogP contribution is -2.09. The van der Waals surface area contributed by atoms with E-state index in [0.717, 1.165) is 23.6 Å². The molecule has 1 N–H and O–H groups in total. The van der Waals surface area contributed by atoms with Gasteiger partial charge in [-0.2, -0.15) is 9.61 Å². The van der Waals surface area contributed by atoms with Crippen molar-refractivity contribution in [3.63, 3.8) is 0 Å². The molecular formula is C14H12BClN4. The van der Waals surface area contributed by atoms with E-state index < -0.39 is 0 Å². The quantitative estimate of drug-likeness (QED) is 0.749. The highest BCUT2D eigenvalue weighted by Gasteiger charge is 2.11. The van der Waals surface area contributed by atoms with Crippen molar-refractivity contribution in [2.45, 2.75) is 6.92 Å². The molecule has 0 aliphatic rings. The fourth-order valence-corrected chi connectivity index (χ4v) is 2.33. The van der Waals surface area contributed by atoms with Crippen LogP contribution in [0, 0.1) is 0 Å². The molecular weight excluding hydrogens is 270 g/mol. The van der Waals surface area contributed by atoms with Gasteiger partial charge in [-0.3, -0.25) is 0 Å². The van der Waals surface area contributed by atoms with E-state index in [0.29, 0.717) is 16.1 Å². The molecule has 3 aromatic rings. The molecule has 0 atom stereocenters. The Balaban J connectivity index is 2.26. The summed E-state index contributed by atoms with van der Waals surface area (Å²) in [6, 6.07) is 9.52. The molecule has 0 saturated carbocycles. The van der Waals surface area contributed by atoms with E-state index in [2.05, 4.69) is 15.4 Å². The Bertz CT molecular complexity index is 769. The fourth-order valence-electron chi connectivity index (χ4n) is 2.09. The summed E-state index contributed by atoms with van der Waals surface area (Å²) in [4.78, 5) is 4.56. The van der Waals surface area contributed by atoms with Crippen LogP contribution in [0.4, 0.5) is 5.82 Å². The van der Waals surface area contributed by atoms with Crippen molar-refractivity contribution in [1.82, 2.24) is 14.6 Å². The molecule has 4 nitrogen and oxygen atoms in total. The van der Waals surface area contributed by atoms with Gasteiger partial charge in [-0.1, -0.05) is 29.8 Å². The number of nitrogens with one attached hydrogen (secondary N) is 1. The summed E-state index contributed by atoms with van der Waals surface area (Å²) in [7, 11) is 5.92. The van der Waals surface area contributed by atoms with Gasteiger partial charge in [-0.05, 0) is 18.5 Å². The average molecular weight is 283 g/mol. The lowest BCUT2D eigenvalue weighted by atomic mass is 10.0. The molecule has 20 heavy (non-hydrogen) atoms. The molecule has 0 bridgehead atoms. The van der Waals surface area contributed by atoms with Gasteiger partial charge in [-0.25, -0.2) is 4.98 Å². The molecule has 3 rings (SSSR count). The second kappa shape index (κ2) is 5.17. The topological polar surface area (TPSA) is 42.2 Å². The van der Waals surface area contributed by atoms with Crippen molar-refractivity contribution in [2.75, 3.05) is 11.9 Å². The summed E-state index contributed by atoms with van der Waals surface area (Å²) in [5.41, 5.74) is 2.80. The van der Waals surface area contributed by atoms with Crippen LogP contribution < -0.4 is 10.8 Å². The van der Waals surface area contributed by atoms with Crippen LogP contribution in [0.5, 0.6) is 0 Å². The van der Waals surface area contributed by atoms with Crippen LogP contribution in [0.25, 0.3) is 16.9 Å². The molecule has 0 aliphatic carbocycles. The predicted octanol–water partition coefficient (Wildman–Crippen LogP) is 2.28. The van der Waals surface area contributed by atoms with Crippen LogP contribution in [-0.2, 0) is 0 Å². The number of nitrogens with zero attached hydrogens (tertiary/aromatic N) is 3. The standard InChI is InChI=1S/C14H12BClN4/c1-2-17-13-7-12(9-5-3-4-6-11(9)16)19-14-10(15)8-18-20(13)14/h3-8,17H,2H2,1H3. The van der Waals surface area contributed by atoms with E-state index in [1.54, 1.807) is 10.7 Å². The highest BCUT2D eigenvalue weighted by molar-refractivity contribution is 6.36. The predicted molar refractivity (Wildman–Crippen MR) is 83.0 cm³/mol. The number of anilines is 1. The third kappa shape index (κ3) is 2.14. The third-order valence-electron chi connectivity index (χ3n) is 3.01. The molecule has 2 aromatic heterocycles. The second-order valence-electron chi connectivity index (χ2n) is 4.37. The first-order chi connectivity index (χ1) is 9.70. The van der Waals surface area contributed by atoms with Gasteiger partial charge < -0.3 is 5.32 Å². The summed E-state index contributed by atoms with van der Waals surface area (Å²) < 4.78 is 1.69. The van der Waals surface area contributed by atoms with E-state index >= 15 is 0 Å². The molecule has 98 valence electrons.